The molecule has 0 aromatic heterocycles. The molecular formula is C17H15ClN2O2. The van der Waals surface area contributed by atoms with Gasteiger partial charge in [0.1, 0.15) is 5.75 Å². The Morgan fingerprint density at radius 3 is 2.64 bits per heavy atom. The molecule has 22 heavy (non-hydrogen) atoms. The van der Waals surface area contributed by atoms with Gasteiger partial charge < -0.3 is 4.74 Å². The topological polar surface area (TPSA) is 50.7 Å². The summed E-state index contributed by atoms with van der Waals surface area (Å²) in [7, 11) is 1.62. The van der Waals surface area contributed by atoms with Gasteiger partial charge >= 0.3 is 0 Å². The van der Waals surface area contributed by atoms with Crippen molar-refractivity contribution >= 4 is 29.8 Å². The number of nitrogens with zero attached hydrogens (tertiary/aromatic N) is 1. The molecule has 0 unspecified atom stereocenters. The number of allylic oxidation sites excluding steroid dienone is 1. The highest BCUT2D eigenvalue weighted by Crippen LogP contribution is 2.18. The molecule has 1 amide bonds. The molecule has 0 atom stereocenters. The number of para-hydroxylation sites is 1. The lowest BCUT2D eigenvalue weighted by molar-refractivity contribution is 0.0955. The monoisotopic (exact) mass is 314 g/mol. The van der Waals surface area contributed by atoms with E-state index in [4.69, 9.17) is 16.3 Å². The normalized spacial score (nSPS) is 11.0. The third-order valence-corrected chi connectivity index (χ3v) is 3.10. The molecule has 1 N–H and O–H groups in total. The first-order valence-corrected chi connectivity index (χ1v) is 6.97. The Hall–Kier alpha value is -2.59. The summed E-state index contributed by atoms with van der Waals surface area (Å²) in [6.07, 6.45) is 5.07. The van der Waals surface area contributed by atoms with Crippen molar-refractivity contribution in [2.45, 2.75) is 0 Å². The average molecular weight is 315 g/mol. The minimum Gasteiger partial charge on any atom is -0.496 e. The van der Waals surface area contributed by atoms with E-state index >= 15 is 0 Å². The van der Waals surface area contributed by atoms with Crippen molar-refractivity contribution < 1.29 is 9.53 Å². The molecule has 0 aliphatic rings. The maximum atomic E-state index is 11.8. The molecule has 112 valence electrons. The van der Waals surface area contributed by atoms with Crippen molar-refractivity contribution in [3.8, 4) is 5.75 Å². The van der Waals surface area contributed by atoms with Crippen LogP contribution in [0.1, 0.15) is 15.9 Å². The zero-order chi connectivity index (χ0) is 15.8. The lowest BCUT2D eigenvalue weighted by Crippen LogP contribution is -2.17. The predicted molar refractivity (Wildman–Crippen MR) is 89.4 cm³/mol. The van der Waals surface area contributed by atoms with E-state index in [1.807, 2.05) is 30.3 Å². The Labute approximate surface area is 134 Å². The van der Waals surface area contributed by atoms with Gasteiger partial charge in [0.2, 0.25) is 0 Å². The number of hydrazone groups is 1. The van der Waals surface area contributed by atoms with E-state index in [0.717, 1.165) is 11.3 Å². The minimum absolute atomic E-state index is 0.293. The minimum atomic E-state index is -0.293. The van der Waals surface area contributed by atoms with E-state index in [1.165, 1.54) is 6.21 Å². The zero-order valence-corrected chi connectivity index (χ0v) is 12.7. The van der Waals surface area contributed by atoms with E-state index in [0.29, 0.717) is 10.6 Å². The SMILES string of the molecule is COc1ccccc1/C=C/C=N/NC(=O)c1ccc(Cl)cc1. The summed E-state index contributed by atoms with van der Waals surface area (Å²) in [5.74, 6) is 0.482. The van der Waals surface area contributed by atoms with Crippen LogP contribution in [0, 0.1) is 0 Å². The first-order chi connectivity index (χ1) is 10.7. The third-order valence-electron chi connectivity index (χ3n) is 2.85. The number of benzene rings is 2. The van der Waals surface area contributed by atoms with E-state index in [2.05, 4.69) is 10.5 Å². The van der Waals surface area contributed by atoms with Gasteiger partial charge in [0.15, 0.2) is 0 Å². The second-order valence-corrected chi connectivity index (χ2v) is 4.76. The number of ether oxygens (including phenoxy) is 1. The second kappa shape index (κ2) is 8.00. The van der Waals surface area contributed by atoms with Crippen LogP contribution in [0.2, 0.25) is 5.02 Å². The first kappa shape index (κ1) is 15.8. The number of amides is 1. The van der Waals surface area contributed by atoms with Crippen molar-refractivity contribution in [1.29, 1.82) is 0 Å². The predicted octanol–water partition coefficient (Wildman–Crippen LogP) is 3.78. The number of methoxy groups -OCH3 is 1. The molecule has 0 aliphatic carbocycles. The molecule has 2 aromatic rings. The van der Waals surface area contributed by atoms with Gasteiger partial charge in [0, 0.05) is 22.4 Å². The Morgan fingerprint density at radius 1 is 1.18 bits per heavy atom. The summed E-state index contributed by atoms with van der Waals surface area (Å²) in [5.41, 5.74) is 3.86. The van der Waals surface area contributed by atoms with Crippen LogP contribution >= 0.6 is 11.6 Å². The fraction of sp³-hybridized carbons (Fsp3) is 0.0588. The van der Waals surface area contributed by atoms with E-state index in [1.54, 1.807) is 37.5 Å². The molecule has 0 fully saturated rings. The van der Waals surface area contributed by atoms with Crippen molar-refractivity contribution in [3.63, 3.8) is 0 Å². The zero-order valence-electron chi connectivity index (χ0n) is 12.0. The fourth-order valence-electron chi connectivity index (χ4n) is 1.76. The standard InChI is InChI=1S/C17H15ClN2O2/c1-22-16-7-3-2-5-13(16)6-4-12-19-20-17(21)14-8-10-15(18)11-9-14/h2-12H,1H3,(H,20,21)/b6-4+,19-12+. The highest BCUT2D eigenvalue weighted by Gasteiger charge is 2.02. The van der Waals surface area contributed by atoms with Gasteiger partial charge in [-0.3, -0.25) is 4.79 Å². The van der Waals surface area contributed by atoms with Crippen LogP contribution in [-0.2, 0) is 0 Å². The summed E-state index contributed by atoms with van der Waals surface area (Å²) < 4.78 is 5.23. The fourth-order valence-corrected chi connectivity index (χ4v) is 1.88. The summed E-state index contributed by atoms with van der Waals surface area (Å²) in [6, 6.07) is 14.2. The van der Waals surface area contributed by atoms with Gasteiger partial charge in [-0.05, 0) is 42.5 Å². The molecule has 0 heterocycles. The Bertz CT molecular complexity index is 694. The molecule has 0 radical (unpaired) electrons. The molecule has 2 aromatic carbocycles. The van der Waals surface area contributed by atoms with Gasteiger partial charge in [0.05, 0.1) is 7.11 Å². The quantitative estimate of drug-likeness (QED) is 0.674. The van der Waals surface area contributed by atoms with Crippen molar-refractivity contribution in [1.82, 2.24) is 5.43 Å². The molecular weight excluding hydrogens is 300 g/mol. The highest BCUT2D eigenvalue weighted by atomic mass is 35.5. The number of hydrogen-bond donors (Lipinski definition) is 1. The smallest absolute Gasteiger partial charge is 0.271 e. The number of carbonyl (C=O) groups is 1. The molecule has 2 rings (SSSR count). The molecule has 0 spiro atoms. The average Bonchev–Trinajstić information content (AvgIpc) is 2.55. The van der Waals surface area contributed by atoms with Gasteiger partial charge in [-0.15, -0.1) is 0 Å². The lowest BCUT2D eigenvalue weighted by Gasteiger charge is -2.02. The van der Waals surface area contributed by atoms with E-state index in [-0.39, 0.29) is 5.91 Å². The Balaban J connectivity index is 1.91. The van der Waals surface area contributed by atoms with E-state index in [9.17, 15) is 4.79 Å². The number of hydrogen-bond acceptors (Lipinski definition) is 3. The summed E-state index contributed by atoms with van der Waals surface area (Å²) in [5, 5.41) is 4.44. The van der Waals surface area contributed by atoms with Crippen LogP contribution in [0.15, 0.2) is 59.7 Å². The van der Waals surface area contributed by atoms with Gasteiger partial charge in [-0.25, -0.2) is 5.43 Å². The van der Waals surface area contributed by atoms with Crippen LogP contribution in [0.3, 0.4) is 0 Å². The number of halogens is 1. The van der Waals surface area contributed by atoms with Crippen LogP contribution < -0.4 is 10.2 Å². The Morgan fingerprint density at radius 2 is 1.91 bits per heavy atom. The first-order valence-electron chi connectivity index (χ1n) is 6.59. The van der Waals surface area contributed by atoms with Crippen molar-refractivity contribution in [3.05, 3.63) is 70.8 Å². The molecule has 0 saturated carbocycles. The van der Waals surface area contributed by atoms with Crippen LogP contribution in [0.4, 0.5) is 0 Å². The maximum Gasteiger partial charge on any atom is 0.271 e. The Kier molecular flexibility index (Phi) is 5.74. The van der Waals surface area contributed by atoms with E-state index < -0.39 is 0 Å². The molecule has 0 saturated heterocycles. The molecule has 5 heteroatoms. The van der Waals surface area contributed by atoms with Gasteiger partial charge in [-0.2, -0.15) is 5.10 Å². The van der Waals surface area contributed by atoms with Gasteiger partial charge in [0.25, 0.3) is 5.91 Å². The largest absolute Gasteiger partial charge is 0.496 e. The second-order valence-electron chi connectivity index (χ2n) is 4.33. The molecule has 4 nitrogen and oxygen atoms in total. The number of rotatable bonds is 5. The molecule has 0 bridgehead atoms. The lowest BCUT2D eigenvalue weighted by atomic mass is 10.2. The van der Waals surface area contributed by atoms with Crippen LogP contribution in [0.5, 0.6) is 5.75 Å². The summed E-state index contributed by atoms with van der Waals surface area (Å²) in [6.45, 7) is 0. The van der Waals surface area contributed by atoms with Crippen LogP contribution in [-0.4, -0.2) is 19.2 Å². The maximum absolute atomic E-state index is 11.8. The van der Waals surface area contributed by atoms with Crippen molar-refractivity contribution in [2.75, 3.05) is 7.11 Å². The summed E-state index contributed by atoms with van der Waals surface area (Å²) in [4.78, 5) is 11.8. The summed E-state index contributed by atoms with van der Waals surface area (Å²) >= 11 is 5.76. The number of nitrogens with one attached hydrogen (secondary N) is 1. The van der Waals surface area contributed by atoms with Gasteiger partial charge in [-0.1, -0.05) is 29.8 Å². The third kappa shape index (κ3) is 4.46. The molecule has 0 aliphatic heterocycles. The number of carbonyl (C=O) groups excluding carboxylic acids is 1. The van der Waals surface area contributed by atoms with Crippen molar-refractivity contribution in [2.24, 2.45) is 5.10 Å². The highest BCUT2D eigenvalue weighted by molar-refractivity contribution is 6.30. The van der Waals surface area contributed by atoms with Crippen LogP contribution in [0.25, 0.3) is 6.08 Å².